The summed E-state index contributed by atoms with van der Waals surface area (Å²) in [6.07, 6.45) is 0.709. The minimum atomic E-state index is -0.470. The molecule has 0 radical (unpaired) electrons. The van der Waals surface area contributed by atoms with Crippen molar-refractivity contribution in [3.8, 4) is 0 Å². The first-order valence-electron chi connectivity index (χ1n) is 14.0. The molecule has 10 heteroatoms. The molecule has 0 bridgehead atoms. The number of amides is 2. The first-order chi connectivity index (χ1) is 20.8. The molecule has 0 saturated heterocycles. The highest BCUT2D eigenvalue weighted by Gasteiger charge is 2.30. The number of rotatable bonds is 10. The van der Waals surface area contributed by atoms with E-state index in [-0.39, 0.29) is 18.4 Å². The van der Waals surface area contributed by atoms with Crippen molar-refractivity contribution in [3.05, 3.63) is 111 Å². The van der Waals surface area contributed by atoms with Gasteiger partial charge in [0.1, 0.15) is 5.00 Å². The summed E-state index contributed by atoms with van der Waals surface area (Å²) < 4.78 is 5.39. The Kier molecular flexibility index (Phi) is 10.2. The van der Waals surface area contributed by atoms with Crippen LogP contribution >= 0.6 is 34.7 Å². The standard InChI is InChI=1S/C33H32ClN3O4S2/c1-3-41-33(40)29-27-15-16-37(19-22-9-5-4-6-10-22)20-28(27)43-32(29)36-30(38)21(2)42-26-14-8-13-25(18-26)35-31(39)23-11-7-12-24(34)17-23/h4-14,17-18,21H,3,15-16,19-20H2,1-2H3,(H,35,39)(H,36,38). The molecule has 1 atom stereocenters. The Hall–Kier alpha value is -3.63. The van der Waals surface area contributed by atoms with Crippen LogP contribution in [-0.4, -0.2) is 41.1 Å². The third kappa shape index (κ3) is 7.86. The van der Waals surface area contributed by atoms with E-state index in [0.717, 1.165) is 28.4 Å². The normalized spacial score (nSPS) is 13.6. The van der Waals surface area contributed by atoms with E-state index in [0.29, 0.717) is 39.8 Å². The lowest BCUT2D eigenvalue weighted by Crippen LogP contribution is -2.30. The summed E-state index contributed by atoms with van der Waals surface area (Å²) >= 11 is 8.84. The maximum Gasteiger partial charge on any atom is 0.341 e. The lowest BCUT2D eigenvalue weighted by molar-refractivity contribution is -0.115. The molecule has 3 aromatic carbocycles. The number of carbonyl (C=O) groups excluding carboxylic acids is 3. The summed E-state index contributed by atoms with van der Waals surface area (Å²) in [6, 6.07) is 24.4. The van der Waals surface area contributed by atoms with Crippen molar-refractivity contribution < 1.29 is 19.1 Å². The Morgan fingerprint density at radius 2 is 1.81 bits per heavy atom. The quantitative estimate of drug-likeness (QED) is 0.139. The summed E-state index contributed by atoms with van der Waals surface area (Å²) in [5.41, 5.74) is 3.74. The fourth-order valence-corrected chi connectivity index (χ4v) is 7.29. The van der Waals surface area contributed by atoms with Crippen molar-refractivity contribution in [2.45, 2.75) is 43.5 Å². The van der Waals surface area contributed by atoms with E-state index in [1.165, 1.54) is 28.7 Å². The first kappa shape index (κ1) is 30.8. The number of nitrogens with one attached hydrogen (secondary N) is 2. The van der Waals surface area contributed by atoms with Gasteiger partial charge in [-0.3, -0.25) is 14.5 Å². The minimum absolute atomic E-state index is 0.219. The van der Waals surface area contributed by atoms with Crippen LogP contribution in [0.1, 0.15) is 50.6 Å². The van der Waals surface area contributed by atoms with Crippen molar-refractivity contribution >= 4 is 63.2 Å². The predicted molar refractivity (Wildman–Crippen MR) is 174 cm³/mol. The van der Waals surface area contributed by atoms with Crippen LogP contribution < -0.4 is 10.6 Å². The molecule has 43 heavy (non-hydrogen) atoms. The summed E-state index contributed by atoms with van der Waals surface area (Å²) in [6.45, 7) is 6.19. The van der Waals surface area contributed by atoms with Gasteiger partial charge in [-0.25, -0.2) is 4.79 Å². The van der Waals surface area contributed by atoms with E-state index < -0.39 is 11.2 Å². The van der Waals surface area contributed by atoms with Crippen molar-refractivity contribution in [1.29, 1.82) is 0 Å². The van der Waals surface area contributed by atoms with Crippen molar-refractivity contribution in [3.63, 3.8) is 0 Å². The molecule has 1 aliphatic heterocycles. The van der Waals surface area contributed by atoms with Gasteiger partial charge in [0.2, 0.25) is 5.91 Å². The molecule has 5 rings (SSSR count). The molecule has 4 aromatic rings. The SMILES string of the molecule is CCOC(=O)c1c(NC(=O)C(C)Sc2cccc(NC(=O)c3cccc(Cl)c3)c2)sc2c1CCN(Cc1ccccc1)C2. The molecule has 222 valence electrons. The van der Waals surface area contributed by atoms with Crippen molar-refractivity contribution in [1.82, 2.24) is 4.90 Å². The molecule has 2 N–H and O–H groups in total. The van der Waals surface area contributed by atoms with Gasteiger partial charge >= 0.3 is 5.97 Å². The molecule has 0 fully saturated rings. The molecule has 7 nitrogen and oxygen atoms in total. The van der Waals surface area contributed by atoms with E-state index in [4.69, 9.17) is 16.3 Å². The van der Waals surface area contributed by atoms with Crippen LogP contribution in [0.4, 0.5) is 10.7 Å². The van der Waals surface area contributed by atoms with Crippen LogP contribution in [-0.2, 0) is 29.0 Å². The minimum Gasteiger partial charge on any atom is -0.462 e. The number of hydrogen-bond acceptors (Lipinski definition) is 7. The summed E-state index contributed by atoms with van der Waals surface area (Å²) in [4.78, 5) is 43.3. The number of fused-ring (bicyclic) bond motifs is 1. The number of benzene rings is 3. The molecular formula is C33H32ClN3O4S2. The third-order valence-corrected chi connectivity index (χ3v) is 9.42. The summed E-state index contributed by atoms with van der Waals surface area (Å²) in [7, 11) is 0. The average molecular weight is 634 g/mol. The number of carbonyl (C=O) groups is 3. The van der Waals surface area contributed by atoms with E-state index in [1.807, 2.05) is 43.3 Å². The molecule has 1 unspecified atom stereocenters. The number of nitrogens with zero attached hydrogens (tertiary/aromatic N) is 1. The Morgan fingerprint density at radius 1 is 1.02 bits per heavy atom. The van der Waals surface area contributed by atoms with Crippen LogP contribution in [0.3, 0.4) is 0 Å². The molecule has 2 heterocycles. The van der Waals surface area contributed by atoms with Gasteiger partial charge in [0.15, 0.2) is 0 Å². The van der Waals surface area contributed by atoms with Crippen molar-refractivity contribution in [2.75, 3.05) is 23.8 Å². The number of anilines is 2. The first-order valence-corrected chi connectivity index (χ1v) is 16.1. The van der Waals surface area contributed by atoms with E-state index >= 15 is 0 Å². The number of thioether (sulfide) groups is 1. The highest BCUT2D eigenvalue weighted by Crippen LogP contribution is 2.39. The molecule has 1 aliphatic rings. The van der Waals surface area contributed by atoms with Gasteiger partial charge in [0.25, 0.3) is 5.91 Å². The second-order valence-corrected chi connectivity index (χ2v) is 13.1. The Morgan fingerprint density at radius 3 is 2.58 bits per heavy atom. The van der Waals surface area contributed by atoms with Crippen LogP contribution in [0.25, 0.3) is 0 Å². The molecule has 0 aliphatic carbocycles. The van der Waals surface area contributed by atoms with Crippen molar-refractivity contribution in [2.24, 2.45) is 0 Å². The maximum atomic E-state index is 13.4. The van der Waals surface area contributed by atoms with Crippen LogP contribution in [0.5, 0.6) is 0 Å². The fraction of sp³-hybridized carbons (Fsp3) is 0.242. The van der Waals surface area contributed by atoms with E-state index in [1.54, 1.807) is 37.3 Å². The molecule has 0 saturated carbocycles. The molecule has 2 amide bonds. The second kappa shape index (κ2) is 14.2. The van der Waals surface area contributed by atoms with E-state index in [2.05, 4.69) is 27.7 Å². The zero-order valence-electron chi connectivity index (χ0n) is 23.9. The lowest BCUT2D eigenvalue weighted by Gasteiger charge is -2.27. The number of thiophene rings is 1. The van der Waals surface area contributed by atoms with Gasteiger partial charge in [-0.05, 0) is 67.8 Å². The van der Waals surface area contributed by atoms with Crippen LogP contribution in [0.15, 0.2) is 83.8 Å². The van der Waals surface area contributed by atoms with Crippen LogP contribution in [0, 0.1) is 0 Å². The highest BCUT2D eigenvalue weighted by molar-refractivity contribution is 8.00. The summed E-state index contributed by atoms with van der Waals surface area (Å²) in [5, 5.41) is 6.45. The van der Waals surface area contributed by atoms with Crippen LogP contribution in [0.2, 0.25) is 5.02 Å². The Labute approximate surface area is 264 Å². The fourth-order valence-electron chi connectivity index (χ4n) is 4.89. The van der Waals surface area contributed by atoms with Gasteiger partial charge < -0.3 is 15.4 Å². The lowest BCUT2D eigenvalue weighted by atomic mass is 10.0. The second-order valence-electron chi connectivity index (χ2n) is 10.1. The topological polar surface area (TPSA) is 87.7 Å². The van der Waals surface area contributed by atoms with E-state index in [9.17, 15) is 14.4 Å². The highest BCUT2D eigenvalue weighted by atomic mass is 35.5. The number of ether oxygens (including phenoxy) is 1. The number of halogens is 1. The number of esters is 1. The zero-order valence-corrected chi connectivity index (χ0v) is 26.3. The maximum absolute atomic E-state index is 13.4. The van der Waals surface area contributed by atoms with Gasteiger partial charge in [0, 0.05) is 45.7 Å². The molecule has 0 spiro atoms. The monoisotopic (exact) mass is 633 g/mol. The molecule has 1 aromatic heterocycles. The molecular weight excluding hydrogens is 602 g/mol. The number of hydrogen-bond donors (Lipinski definition) is 2. The van der Waals surface area contributed by atoms with Gasteiger partial charge in [0.05, 0.1) is 17.4 Å². The largest absolute Gasteiger partial charge is 0.462 e. The van der Waals surface area contributed by atoms with Gasteiger partial charge in [-0.2, -0.15) is 0 Å². The summed E-state index contributed by atoms with van der Waals surface area (Å²) in [5.74, 6) is -0.898. The predicted octanol–water partition coefficient (Wildman–Crippen LogP) is 7.51. The van der Waals surface area contributed by atoms with Gasteiger partial charge in [-0.15, -0.1) is 23.1 Å². The Bertz CT molecular complexity index is 1630. The Balaban J connectivity index is 1.27. The third-order valence-electron chi connectivity index (χ3n) is 6.96. The smallest absolute Gasteiger partial charge is 0.341 e. The van der Waals surface area contributed by atoms with Gasteiger partial charge in [-0.1, -0.05) is 54.1 Å². The zero-order chi connectivity index (χ0) is 30.3. The average Bonchev–Trinajstić information content (AvgIpc) is 3.35.